The Morgan fingerprint density at radius 1 is 1.43 bits per heavy atom. The molecule has 2 fully saturated rings. The summed E-state index contributed by atoms with van der Waals surface area (Å²) in [5.41, 5.74) is 0. The Hall–Kier alpha value is -0.610. The number of aromatic nitrogens is 1. The maximum Gasteiger partial charge on any atom is 0.140 e. The van der Waals surface area contributed by atoms with Crippen LogP contribution in [-0.4, -0.2) is 24.1 Å². The molecule has 1 saturated carbocycles. The van der Waals surface area contributed by atoms with E-state index < -0.39 is 0 Å². The lowest BCUT2D eigenvalue weighted by molar-refractivity contribution is 0.695. The molecule has 2 heterocycles. The maximum absolute atomic E-state index is 4.31. The molecule has 3 rings (SSSR count). The molecule has 2 unspecified atom stereocenters. The molecule has 0 bridgehead atoms. The van der Waals surface area contributed by atoms with E-state index in [-0.39, 0.29) is 0 Å². The molecule has 1 saturated heterocycles. The highest BCUT2D eigenvalue weighted by molar-refractivity contribution is 9.10. The number of piperidine rings is 1. The van der Waals surface area contributed by atoms with Crippen LogP contribution >= 0.6 is 15.9 Å². The summed E-state index contributed by atoms with van der Waals surface area (Å²) in [4.78, 5) is 4.31. The molecule has 3 nitrogen and oxygen atoms in total. The van der Waals surface area contributed by atoms with Crippen molar-refractivity contribution in [2.45, 2.75) is 6.04 Å². The Bertz CT molecular complexity index is 345. The molecule has 1 aromatic heterocycles. The monoisotopic (exact) mass is 253 g/mol. The first-order valence-corrected chi connectivity index (χ1v) is 5.73. The lowest BCUT2D eigenvalue weighted by atomic mass is 10.4. The zero-order valence-electron chi connectivity index (χ0n) is 7.70. The summed E-state index contributed by atoms with van der Waals surface area (Å²) >= 11 is 3.49. The summed E-state index contributed by atoms with van der Waals surface area (Å²) in [6.07, 6.45) is 1.82. The number of anilines is 1. The van der Waals surface area contributed by atoms with Crippen LogP contribution in [0, 0.1) is 11.8 Å². The van der Waals surface area contributed by atoms with Gasteiger partial charge in [-0.05, 0) is 39.9 Å². The molecular weight excluding hydrogens is 242 g/mol. The standard InChI is InChI=1S/C10H12BrN3/c11-8-2-1-3-13-10(8)14-9-6-4-12-5-7(6)9/h1-3,6-7,9,12H,4-5H2,(H,13,14). The van der Waals surface area contributed by atoms with Crippen molar-refractivity contribution in [1.82, 2.24) is 10.3 Å². The fourth-order valence-electron chi connectivity index (χ4n) is 2.28. The van der Waals surface area contributed by atoms with E-state index in [9.17, 15) is 0 Å². The van der Waals surface area contributed by atoms with Crippen molar-refractivity contribution >= 4 is 21.7 Å². The van der Waals surface area contributed by atoms with E-state index >= 15 is 0 Å². The average Bonchev–Trinajstić information content (AvgIpc) is 2.64. The van der Waals surface area contributed by atoms with Gasteiger partial charge in [0.1, 0.15) is 5.82 Å². The third kappa shape index (κ3) is 1.33. The van der Waals surface area contributed by atoms with Crippen LogP contribution < -0.4 is 10.6 Å². The van der Waals surface area contributed by atoms with Crippen LogP contribution in [0.5, 0.6) is 0 Å². The van der Waals surface area contributed by atoms with Crippen LogP contribution in [0.25, 0.3) is 0 Å². The van der Waals surface area contributed by atoms with E-state index in [1.807, 2.05) is 18.3 Å². The topological polar surface area (TPSA) is 37.0 Å². The third-order valence-electron chi connectivity index (χ3n) is 3.15. The van der Waals surface area contributed by atoms with Crippen molar-refractivity contribution in [3.8, 4) is 0 Å². The van der Waals surface area contributed by atoms with Crippen molar-refractivity contribution in [3.63, 3.8) is 0 Å². The summed E-state index contributed by atoms with van der Waals surface area (Å²) in [6.45, 7) is 2.32. The summed E-state index contributed by atoms with van der Waals surface area (Å²) in [5, 5.41) is 6.87. The van der Waals surface area contributed by atoms with Crippen molar-refractivity contribution in [2.75, 3.05) is 18.4 Å². The zero-order valence-corrected chi connectivity index (χ0v) is 9.29. The van der Waals surface area contributed by atoms with Gasteiger partial charge < -0.3 is 10.6 Å². The molecule has 4 heteroatoms. The van der Waals surface area contributed by atoms with E-state index in [0.29, 0.717) is 6.04 Å². The van der Waals surface area contributed by atoms with Crippen LogP contribution in [0.1, 0.15) is 0 Å². The minimum absolute atomic E-state index is 0.641. The van der Waals surface area contributed by atoms with E-state index in [1.54, 1.807) is 0 Å². The fourth-order valence-corrected chi connectivity index (χ4v) is 2.65. The predicted molar refractivity (Wildman–Crippen MR) is 59.2 cm³/mol. The zero-order chi connectivity index (χ0) is 9.54. The number of hydrogen-bond donors (Lipinski definition) is 2. The second kappa shape index (κ2) is 3.21. The van der Waals surface area contributed by atoms with Gasteiger partial charge in [0, 0.05) is 25.3 Å². The number of fused-ring (bicyclic) bond motifs is 1. The van der Waals surface area contributed by atoms with Gasteiger partial charge in [0.25, 0.3) is 0 Å². The molecule has 0 amide bonds. The third-order valence-corrected chi connectivity index (χ3v) is 3.79. The smallest absolute Gasteiger partial charge is 0.140 e. The molecule has 1 aromatic rings. The van der Waals surface area contributed by atoms with Crippen molar-refractivity contribution < 1.29 is 0 Å². The van der Waals surface area contributed by atoms with Gasteiger partial charge in [-0.15, -0.1) is 0 Å². The molecule has 0 radical (unpaired) electrons. The molecule has 1 aliphatic heterocycles. The van der Waals surface area contributed by atoms with Gasteiger partial charge in [-0.3, -0.25) is 0 Å². The molecule has 1 aliphatic carbocycles. The highest BCUT2D eigenvalue weighted by Gasteiger charge is 2.53. The quantitative estimate of drug-likeness (QED) is 0.839. The minimum Gasteiger partial charge on any atom is -0.366 e. The largest absolute Gasteiger partial charge is 0.366 e. The van der Waals surface area contributed by atoms with E-state index in [0.717, 1.165) is 35.2 Å². The minimum atomic E-state index is 0.641. The summed E-state index contributed by atoms with van der Waals surface area (Å²) in [5.74, 6) is 2.62. The van der Waals surface area contributed by atoms with Gasteiger partial charge >= 0.3 is 0 Å². The van der Waals surface area contributed by atoms with Gasteiger partial charge in [-0.2, -0.15) is 0 Å². The van der Waals surface area contributed by atoms with Crippen LogP contribution in [0.3, 0.4) is 0 Å². The molecular formula is C10H12BrN3. The molecule has 2 N–H and O–H groups in total. The van der Waals surface area contributed by atoms with E-state index in [4.69, 9.17) is 0 Å². The highest BCUT2D eigenvalue weighted by atomic mass is 79.9. The van der Waals surface area contributed by atoms with Gasteiger partial charge in [0.05, 0.1) is 4.47 Å². The van der Waals surface area contributed by atoms with Gasteiger partial charge in [-0.1, -0.05) is 0 Å². The second-order valence-electron chi connectivity index (χ2n) is 3.99. The number of halogens is 1. The first-order chi connectivity index (χ1) is 6.86. The van der Waals surface area contributed by atoms with E-state index in [2.05, 4.69) is 31.5 Å². The van der Waals surface area contributed by atoms with Crippen LogP contribution in [0.15, 0.2) is 22.8 Å². The lowest BCUT2D eigenvalue weighted by Gasteiger charge is -2.09. The van der Waals surface area contributed by atoms with Gasteiger partial charge in [0.2, 0.25) is 0 Å². The Morgan fingerprint density at radius 3 is 2.93 bits per heavy atom. The van der Waals surface area contributed by atoms with Crippen LogP contribution in [-0.2, 0) is 0 Å². The number of rotatable bonds is 2. The normalized spacial score (nSPS) is 33.9. The lowest BCUT2D eigenvalue weighted by Crippen LogP contribution is -2.21. The molecule has 14 heavy (non-hydrogen) atoms. The Balaban J connectivity index is 1.71. The molecule has 0 aromatic carbocycles. The van der Waals surface area contributed by atoms with E-state index in [1.165, 1.54) is 0 Å². The highest BCUT2D eigenvalue weighted by Crippen LogP contribution is 2.44. The van der Waals surface area contributed by atoms with Crippen molar-refractivity contribution in [1.29, 1.82) is 0 Å². The van der Waals surface area contributed by atoms with Crippen LogP contribution in [0.4, 0.5) is 5.82 Å². The Morgan fingerprint density at radius 2 is 2.21 bits per heavy atom. The number of pyridine rings is 1. The summed E-state index contributed by atoms with van der Waals surface area (Å²) < 4.78 is 1.05. The van der Waals surface area contributed by atoms with Gasteiger partial charge in [0.15, 0.2) is 0 Å². The SMILES string of the molecule is Brc1cccnc1NC1C2CNCC21. The Labute approximate surface area is 91.4 Å². The first kappa shape index (κ1) is 8.68. The maximum atomic E-state index is 4.31. The molecule has 0 spiro atoms. The average molecular weight is 254 g/mol. The number of nitrogens with zero attached hydrogens (tertiary/aromatic N) is 1. The first-order valence-electron chi connectivity index (χ1n) is 4.94. The summed E-state index contributed by atoms with van der Waals surface area (Å²) in [6, 6.07) is 4.60. The van der Waals surface area contributed by atoms with Gasteiger partial charge in [-0.25, -0.2) is 4.98 Å². The number of hydrogen-bond acceptors (Lipinski definition) is 3. The van der Waals surface area contributed by atoms with Crippen molar-refractivity contribution in [2.24, 2.45) is 11.8 Å². The molecule has 2 aliphatic rings. The number of nitrogens with one attached hydrogen (secondary N) is 2. The second-order valence-corrected chi connectivity index (χ2v) is 4.84. The summed E-state index contributed by atoms with van der Waals surface area (Å²) in [7, 11) is 0. The Kier molecular flexibility index (Phi) is 1.99. The van der Waals surface area contributed by atoms with Crippen LogP contribution in [0.2, 0.25) is 0 Å². The fraction of sp³-hybridized carbons (Fsp3) is 0.500. The predicted octanol–water partition coefficient (Wildman–Crippen LogP) is 1.47. The molecule has 2 atom stereocenters. The van der Waals surface area contributed by atoms with Crippen molar-refractivity contribution in [3.05, 3.63) is 22.8 Å². The molecule has 74 valence electrons.